The predicted molar refractivity (Wildman–Crippen MR) is 128 cm³/mol. The van der Waals surface area contributed by atoms with Gasteiger partial charge in [-0.1, -0.05) is 25.0 Å². The lowest BCUT2D eigenvalue weighted by atomic mass is 10.0. The zero-order valence-electron chi connectivity index (χ0n) is 18.8. The number of benzene rings is 1. The summed E-state index contributed by atoms with van der Waals surface area (Å²) in [5, 5.41) is 7.55. The molecule has 0 radical (unpaired) electrons. The Hall–Kier alpha value is -3.59. The lowest BCUT2D eigenvalue weighted by Gasteiger charge is -2.25. The van der Waals surface area contributed by atoms with E-state index in [1.54, 1.807) is 12.4 Å². The van der Waals surface area contributed by atoms with Crippen LogP contribution in [0, 0.1) is 0 Å². The van der Waals surface area contributed by atoms with Gasteiger partial charge in [0.15, 0.2) is 11.8 Å². The summed E-state index contributed by atoms with van der Waals surface area (Å²) in [6.07, 6.45) is 9.12. The number of aromatic nitrogens is 5. The number of ether oxygens (including phenoxy) is 1. The van der Waals surface area contributed by atoms with E-state index in [2.05, 4.69) is 35.6 Å². The van der Waals surface area contributed by atoms with E-state index < -0.39 is 6.10 Å². The second kappa shape index (κ2) is 8.98. The van der Waals surface area contributed by atoms with Crippen molar-refractivity contribution in [3.63, 3.8) is 0 Å². The average Bonchev–Trinajstić information content (AvgIpc) is 3.65. The normalized spacial score (nSPS) is 19.6. The van der Waals surface area contributed by atoms with Crippen molar-refractivity contribution in [1.29, 1.82) is 0 Å². The van der Waals surface area contributed by atoms with E-state index in [-0.39, 0.29) is 18.0 Å². The first-order valence-electron chi connectivity index (χ1n) is 12.0. The van der Waals surface area contributed by atoms with Crippen LogP contribution < -0.4 is 15.4 Å². The molecule has 1 amide bonds. The van der Waals surface area contributed by atoms with Crippen LogP contribution in [-0.2, 0) is 0 Å². The third-order valence-electron chi connectivity index (χ3n) is 6.83. The van der Waals surface area contributed by atoms with Gasteiger partial charge in [0.05, 0.1) is 17.9 Å². The van der Waals surface area contributed by atoms with E-state index in [1.807, 2.05) is 24.3 Å². The van der Waals surface area contributed by atoms with Gasteiger partial charge >= 0.3 is 0 Å². The molecule has 1 saturated carbocycles. The number of pyridine rings is 1. The molecule has 1 saturated heterocycles. The van der Waals surface area contributed by atoms with E-state index in [1.165, 1.54) is 6.33 Å². The van der Waals surface area contributed by atoms with Crippen LogP contribution in [0.3, 0.4) is 0 Å². The fourth-order valence-corrected chi connectivity index (χ4v) is 5.11. The molecule has 0 spiro atoms. The molecule has 3 N–H and O–H groups in total. The van der Waals surface area contributed by atoms with Crippen molar-refractivity contribution in [3.8, 4) is 5.75 Å². The van der Waals surface area contributed by atoms with Gasteiger partial charge in [-0.05, 0) is 44.4 Å². The molecule has 1 aliphatic carbocycles. The Bertz CT molecular complexity index is 1330. The van der Waals surface area contributed by atoms with Crippen molar-refractivity contribution in [1.82, 2.24) is 35.6 Å². The lowest BCUT2D eigenvalue weighted by molar-refractivity contribution is 0.0932. The quantitative estimate of drug-likeness (QED) is 0.406. The Kier molecular flexibility index (Phi) is 5.54. The molecule has 1 unspecified atom stereocenters. The van der Waals surface area contributed by atoms with E-state index in [4.69, 9.17) is 4.74 Å². The minimum atomic E-state index is -0.396. The number of para-hydroxylation sites is 1. The second-order valence-corrected chi connectivity index (χ2v) is 9.08. The minimum absolute atomic E-state index is 0.0671. The summed E-state index contributed by atoms with van der Waals surface area (Å²) in [5.74, 6) is 0.456. The smallest absolute Gasteiger partial charge is 0.270 e. The fraction of sp³-hybridized carbons (Fsp3) is 0.400. The number of rotatable bonds is 6. The van der Waals surface area contributed by atoms with Crippen molar-refractivity contribution in [2.45, 2.75) is 56.7 Å². The van der Waals surface area contributed by atoms with Crippen molar-refractivity contribution in [2.24, 2.45) is 0 Å². The molecule has 2 atom stereocenters. The number of H-pyrrole nitrogens is 1. The zero-order chi connectivity index (χ0) is 22.9. The lowest BCUT2D eigenvalue weighted by Crippen LogP contribution is -2.34. The number of carbonyl (C=O) groups is 1. The van der Waals surface area contributed by atoms with Crippen LogP contribution in [-0.4, -0.2) is 49.5 Å². The zero-order valence-corrected chi connectivity index (χ0v) is 18.8. The molecule has 3 aromatic heterocycles. The maximum atomic E-state index is 13.1. The summed E-state index contributed by atoms with van der Waals surface area (Å²) >= 11 is 0. The molecule has 34 heavy (non-hydrogen) atoms. The predicted octanol–water partition coefficient (Wildman–Crippen LogP) is 3.45. The Morgan fingerprint density at radius 1 is 1.09 bits per heavy atom. The number of carbonyl (C=O) groups excluding carboxylic acids is 1. The standard InChI is InChI=1S/C25H27N7O2/c33-25(31-15-6-1-2-7-15)19-12-20(16-8-3-4-9-17(16)32-19)34-23(18-10-5-11-26-18)21-22-24(29-13-27-21)30-14-28-22/h3-4,8-9,12-15,18,23,26H,1-2,5-7,10-11H2,(H,31,33)(H,27,28,29,30)/t18?,23-/m1/s1. The minimum Gasteiger partial charge on any atom is -0.482 e. The summed E-state index contributed by atoms with van der Waals surface area (Å²) in [4.78, 5) is 34.1. The molecule has 2 aliphatic rings. The second-order valence-electron chi connectivity index (χ2n) is 9.08. The highest BCUT2D eigenvalue weighted by Gasteiger charge is 2.32. The summed E-state index contributed by atoms with van der Waals surface area (Å²) in [6.45, 7) is 0.922. The molecule has 9 heteroatoms. The highest BCUT2D eigenvalue weighted by Crippen LogP contribution is 2.34. The molecular weight excluding hydrogens is 430 g/mol. The number of imidazole rings is 1. The summed E-state index contributed by atoms with van der Waals surface area (Å²) in [5.41, 5.74) is 3.18. The Balaban J connectivity index is 1.41. The van der Waals surface area contributed by atoms with Gasteiger partial charge in [-0.25, -0.2) is 19.9 Å². The molecule has 9 nitrogen and oxygen atoms in total. The summed E-state index contributed by atoms with van der Waals surface area (Å²) < 4.78 is 6.71. The van der Waals surface area contributed by atoms with E-state index in [0.717, 1.165) is 61.7 Å². The van der Waals surface area contributed by atoms with E-state index in [0.29, 0.717) is 22.6 Å². The topological polar surface area (TPSA) is 118 Å². The highest BCUT2D eigenvalue weighted by atomic mass is 16.5. The van der Waals surface area contributed by atoms with Gasteiger partial charge in [-0.3, -0.25) is 4.79 Å². The van der Waals surface area contributed by atoms with Crippen LogP contribution >= 0.6 is 0 Å². The third kappa shape index (κ3) is 3.96. The molecule has 174 valence electrons. The van der Waals surface area contributed by atoms with E-state index in [9.17, 15) is 4.79 Å². The monoisotopic (exact) mass is 457 g/mol. The first kappa shape index (κ1) is 21.0. The van der Waals surface area contributed by atoms with Crippen molar-refractivity contribution in [2.75, 3.05) is 6.54 Å². The Labute approximate surface area is 196 Å². The number of aromatic amines is 1. The van der Waals surface area contributed by atoms with Gasteiger partial charge in [0, 0.05) is 17.5 Å². The third-order valence-corrected chi connectivity index (χ3v) is 6.83. The average molecular weight is 458 g/mol. The molecule has 0 bridgehead atoms. The van der Waals surface area contributed by atoms with Crippen molar-refractivity contribution in [3.05, 3.63) is 54.4 Å². The molecule has 6 rings (SSSR count). The number of hydrogen-bond acceptors (Lipinski definition) is 7. The van der Waals surface area contributed by atoms with E-state index >= 15 is 0 Å². The van der Waals surface area contributed by atoms with Crippen LogP contribution in [0.1, 0.15) is 60.8 Å². The van der Waals surface area contributed by atoms with Crippen LogP contribution in [0.15, 0.2) is 43.0 Å². The molecule has 2 fully saturated rings. The molecular formula is C25H27N7O2. The van der Waals surface area contributed by atoms with Gasteiger partial charge in [-0.2, -0.15) is 0 Å². The van der Waals surface area contributed by atoms with Gasteiger partial charge in [0.2, 0.25) is 0 Å². The first-order valence-corrected chi connectivity index (χ1v) is 12.0. The largest absolute Gasteiger partial charge is 0.482 e. The number of hydrogen-bond donors (Lipinski definition) is 3. The SMILES string of the molecule is O=C(NC1CCCC1)c1cc(O[C@@H](c2ncnc3[nH]cnc23)C2CCCN2)c2ccccc2n1. The Morgan fingerprint density at radius 3 is 2.82 bits per heavy atom. The summed E-state index contributed by atoms with van der Waals surface area (Å²) in [7, 11) is 0. The molecule has 4 heterocycles. The van der Waals surface area contributed by atoms with Crippen molar-refractivity contribution < 1.29 is 9.53 Å². The number of amides is 1. The molecule has 1 aliphatic heterocycles. The van der Waals surface area contributed by atoms with Gasteiger partial charge in [0.1, 0.15) is 29.0 Å². The first-order chi connectivity index (χ1) is 16.8. The molecule has 1 aromatic carbocycles. The summed E-state index contributed by atoms with van der Waals surface area (Å²) in [6, 6.07) is 9.80. The maximum absolute atomic E-state index is 13.1. The van der Waals surface area contributed by atoms with Crippen LogP contribution in [0.5, 0.6) is 5.75 Å². The van der Waals surface area contributed by atoms with Gasteiger partial charge in [0.25, 0.3) is 5.91 Å². The van der Waals surface area contributed by atoms with Crippen LogP contribution in [0.4, 0.5) is 0 Å². The highest BCUT2D eigenvalue weighted by molar-refractivity contribution is 5.97. The molecule has 4 aromatic rings. The fourth-order valence-electron chi connectivity index (χ4n) is 5.11. The Morgan fingerprint density at radius 2 is 1.97 bits per heavy atom. The van der Waals surface area contributed by atoms with Gasteiger partial charge < -0.3 is 20.4 Å². The van der Waals surface area contributed by atoms with Crippen LogP contribution in [0.25, 0.3) is 22.1 Å². The number of nitrogens with zero attached hydrogens (tertiary/aromatic N) is 4. The van der Waals surface area contributed by atoms with Crippen LogP contribution in [0.2, 0.25) is 0 Å². The van der Waals surface area contributed by atoms with Gasteiger partial charge in [-0.15, -0.1) is 0 Å². The number of nitrogens with one attached hydrogen (secondary N) is 3. The van der Waals surface area contributed by atoms with Crippen molar-refractivity contribution >= 4 is 28.0 Å². The maximum Gasteiger partial charge on any atom is 0.270 e. The number of fused-ring (bicyclic) bond motifs is 2.